The van der Waals surface area contributed by atoms with Gasteiger partial charge < -0.3 is 14.6 Å². The van der Waals surface area contributed by atoms with E-state index in [1.165, 1.54) is 0 Å². The zero-order valence-electron chi connectivity index (χ0n) is 10.6. The highest BCUT2D eigenvalue weighted by Gasteiger charge is 2.22. The van der Waals surface area contributed by atoms with Crippen LogP contribution in [0.15, 0.2) is 25.0 Å². The van der Waals surface area contributed by atoms with Gasteiger partial charge in [0.15, 0.2) is 0 Å². The minimum Gasteiger partial charge on any atom is -0.365 e. The van der Waals surface area contributed by atoms with Gasteiger partial charge in [-0.25, -0.2) is 4.98 Å². The number of nitrogens with one attached hydrogen (secondary N) is 1. The molecule has 0 saturated heterocycles. The molecule has 0 aliphatic carbocycles. The third-order valence-electron chi connectivity index (χ3n) is 3.11. The van der Waals surface area contributed by atoms with E-state index in [9.17, 15) is 4.79 Å². The second-order valence-corrected chi connectivity index (χ2v) is 4.50. The Bertz CT molecular complexity index is 428. The van der Waals surface area contributed by atoms with E-state index < -0.39 is 6.10 Å². The van der Waals surface area contributed by atoms with Crippen molar-refractivity contribution in [2.45, 2.75) is 38.5 Å². The molecule has 18 heavy (non-hydrogen) atoms. The van der Waals surface area contributed by atoms with Gasteiger partial charge in [-0.15, -0.1) is 6.58 Å². The summed E-state index contributed by atoms with van der Waals surface area (Å²) >= 11 is 0. The van der Waals surface area contributed by atoms with Crippen LogP contribution in [0.5, 0.6) is 0 Å². The molecule has 0 aromatic carbocycles. The van der Waals surface area contributed by atoms with E-state index in [0.717, 1.165) is 25.2 Å². The first kappa shape index (κ1) is 12.8. The van der Waals surface area contributed by atoms with E-state index in [-0.39, 0.29) is 11.9 Å². The van der Waals surface area contributed by atoms with E-state index in [1.54, 1.807) is 19.2 Å². The monoisotopic (exact) mass is 249 g/mol. The van der Waals surface area contributed by atoms with Crippen molar-refractivity contribution in [2.75, 3.05) is 6.61 Å². The van der Waals surface area contributed by atoms with Crippen LogP contribution in [0.4, 0.5) is 0 Å². The fraction of sp³-hybridized carbons (Fsp3) is 0.538. The quantitative estimate of drug-likeness (QED) is 0.789. The number of amides is 1. The molecule has 0 saturated carbocycles. The van der Waals surface area contributed by atoms with Crippen molar-refractivity contribution >= 4 is 5.91 Å². The number of hydrogen-bond donors (Lipinski definition) is 1. The summed E-state index contributed by atoms with van der Waals surface area (Å²) in [6, 6.07) is 0.161. The number of aryl methyl sites for hydroxylation is 1. The number of carbonyl (C=O) groups is 1. The maximum absolute atomic E-state index is 11.9. The normalized spacial score (nSPS) is 19.9. The molecule has 0 bridgehead atoms. The molecule has 1 aliphatic rings. The first-order chi connectivity index (χ1) is 8.70. The average Bonchev–Trinajstić information content (AvgIpc) is 2.83. The van der Waals surface area contributed by atoms with E-state index in [4.69, 9.17) is 4.74 Å². The van der Waals surface area contributed by atoms with Gasteiger partial charge in [0, 0.05) is 31.4 Å². The second kappa shape index (κ2) is 5.82. The number of ether oxygens (including phenoxy) is 1. The summed E-state index contributed by atoms with van der Waals surface area (Å²) in [7, 11) is 0. The van der Waals surface area contributed by atoms with Crippen molar-refractivity contribution in [1.29, 1.82) is 0 Å². The molecule has 2 rings (SSSR count). The first-order valence-electron chi connectivity index (χ1n) is 6.23. The van der Waals surface area contributed by atoms with E-state index in [1.807, 2.05) is 6.20 Å². The van der Waals surface area contributed by atoms with Crippen molar-refractivity contribution in [2.24, 2.45) is 0 Å². The smallest absolute Gasteiger partial charge is 0.249 e. The summed E-state index contributed by atoms with van der Waals surface area (Å²) in [4.78, 5) is 16.1. The van der Waals surface area contributed by atoms with Crippen LogP contribution in [0.3, 0.4) is 0 Å². The summed E-state index contributed by atoms with van der Waals surface area (Å²) in [6.45, 7) is 6.49. The minimum atomic E-state index is -0.438. The van der Waals surface area contributed by atoms with Gasteiger partial charge in [-0.2, -0.15) is 0 Å². The lowest BCUT2D eigenvalue weighted by atomic mass is 10.1. The Morgan fingerprint density at radius 1 is 1.83 bits per heavy atom. The molecule has 5 heteroatoms. The van der Waals surface area contributed by atoms with Crippen molar-refractivity contribution < 1.29 is 9.53 Å². The zero-order valence-corrected chi connectivity index (χ0v) is 10.6. The second-order valence-electron chi connectivity index (χ2n) is 4.50. The van der Waals surface area contributed by atoms with Crippen molar-refractivity contribution in [3.8, 4) is 0 Å². The third kappa shape index (κ3) is 2.98. The number of aromatic nitrogens is 2. The maximum Gasteiger partial charge on any atom is 0.249 e. The Morgan fingerprint density at radius 3 is 3.44 bits per heavy atom. The highest BCUT2D eigenvalue weighted by molar-refractivity contribution is 5.80. The fourth-order valence-electron chi connectivity index (χ4n) is 2.09. The van der Waals surface area contributed by atoms with Crippen LogP contribution in [0.2, 0.25) is 0 Å². The first-order valence-corrected chi connectivity index (χ1v) is 6.23. The molecule has 1 aromatic heterocycles. The van der Waals surface area contributed by atoms with Gasteiger partial charge in [0.25, 0.3) is 0 Å². The van der Waals surface area contributed by atoms with Crippen LogP contribution >= 0.6 is 0 Å². The van der Waals surface area contributed by atoms with E-state index >= 15 is 0 Å². The van der Waals surface area contributed by atoms with Gasteiger partial charge in [0.2, 0.25) is 5.91 Å². The maximum atomic E-state index is 11.9. The highest BCUT2D eigenvalue weighted by Crippen LogP contribution is 2.13. The molecule has 0 fully saturated rings. The molecular formula is C13H19N3O2. The number of fused-ring (bicyclic) bond motifs is 1. The number of rotatable bonds is 5. The number of imidazole rings is 1. The predicted molar refractivity (Wildman–Crippen MR) is 68.1 cm³/mol. The Labute approximate surface area is 107 Å². The number of nitrogens with zero attached hydrogens (tertiary/aromatic N) is 2. The van der Waals surface area contributed by atoms with Crippen LogP contribution < -0.4 is 5.32 Å². The molecule has 1 N–H and O–H groups in total. The van der Waals surface area contributed by atoms with Gasteiger partial charge >= 0.3 is 0 Å². The molecule has 0 radical (unpaired) electrons. The molecule has 1 aliphatic heterocycles. The lowest BCUT2D eigenvalue weighted by Gasteiger charge is -2.26. The van der Waals surface area contributed by atoms with Gasteiger partial charge in [-0.3, -0.25) is 4.79 Å². The van der Waals surface area contributed by atoms with E-state index in [0.29, 0.717) is 6.61 Å². The standard InChI is InChI=1S/C13H19N3O2/c1-3-8-18-10(2)13(17)15-11-4-5-12-14-6-7-16(12)9-11/h3,6-7,10-11H,1,4-5,8-9H2,2H3,(H,15,17). The van der Waals surface area contributed by atoms with Crippen molar-refractivity contribution in [3.05, 3.63) is 30.9 Å². The van der Waals surface area contributed by atoms with Crippen LogP contribution in [0.1, 0.15) is 19.2 Å². The molecule has 2 unspecified atom stereocenters. The largest absolute Gasteiger partial charge is 0.365 e. The Balaban J connectivity index is 1.84. The fourth-order valence-corrected chi connectivity index (χ4v) is 2.09. The van der Waals surface area contributed by atoms with Gasteiger partial charge in [-0.05, 0) is 13.3 Å². The summed E-state index contributed by atoms with van der Waals surface area (Å²) in [5.41, 5.74) is 0. The van der Waals surface area contributed by atoms with Crippen molar-refractivity contribution in [3.63, 3.8) is 0 Å². The molecule has 0 spiro atoms. The SMILES string of the molecule is C=CCOC(C)C(=O)NC1CCc2nccn2C1. The summed E-state index contributed by atoms with van der Waals surface area (Å²) in [5, 5.41) is 3.01. The predicted octanol–water partition coefficient (Wildman–Crippen LogP) is 0.905. The molecule has 5 nitrogen and oxygen atoms in total. The summed E-state index contributed by atoms with van der Waals surface area (Å²) < 4.78 is 7.39. The van der Waals surface area contributed by atoms with Crippen LogP contribution in [-0.4, -0.2) is 34.2 Å². The summed E-state index contributed by atoms with van der Waals surface area (Å²) in [6.07, 6.45) is 6.78. The van der Waals surface area contributed by atoms with Gasteiger partial charge in [0.05, 0.1) is 6.61 Å². The summed E-state index contributed by atoms with van der Waals surface area (Å²) in [5.74, 6) is 1.03. The van der Waals surface area contributed by atoms with E-state index in [2.05, 4.69) is 21.4 Å². The van der Waals surface area contributed by atoms with Crippen LogP contribution in [-0.2, 0) is 22.5 Å². The average molecular weight is 249 g/mol. The molecular weight excluding hydrogens is 230 g/mol. The lowest BCUT2D eigenvalue weighted by Crippen LogP contribution is -2.45. The Kier molecular flexibility index (Phi) is 4.15. The zero-order chi connectivity index (χ0) is 13.0. The third-order valence-corrected chi connectivity index (χ3v) is 3.11. The minimum absolute atomic E-state index is 0.0644. The lowest BCUT2D eigenvalue weighted by molar-refractivity contribution is -0.132. The Hall–Kier alpha value is -1.62. The Morgan fingerprint density at radius 2 is 2.67 bits per heavy atom. The molecule has 2 atom stereocenters. The van der Waals surface area contributed by atoms with Crippen LogP contribution in [0, 0.1) is 0 Å². The number of carbonyl (C=O) groups excluding carboxylic acids is 1. The van der Waals surface area contributed by atoms with Gasteiger partial charge in [0.1, 0.15) is 11.9 Å². The van der Waals surface area contributed by atoms with Crippen LogP contribution in [0.25, 0.3) is 0 Å². The van der Waals surface area contributed by atoms with Gasteiger partial charge in [-0.1, -0.05) is 6.08 Å². The molecule has 1 aromatic rings. The van der Waals surface area contributed by atoms with Crippen molar-refractivity contribution in [1.82, 2.24) is 14.9 Å². The molecule has 98 valence electrons. The molecule has 2 heterocycles. The molecule has 1 amide bonds. The number of hydrogen-bond acceptors (Lipinski definition) is 3. The highest BCUT2D eigenvalue weighted by atomic mass is 16.5. The topological polar surface area (TPSA) is 56.1 Å².